The summed E-state index contributed by atoms with van der Waals surface area (Å²) < 4.78 is 21.5. The number of benzene rings is 8. The van der Waals surface area contributed by atoms with Crippen LogP contribution in [0.25, 0.3) is 0 Å². The zero-order chi connectivity index (χ0) is 50.6. The predicted octanol–water partition coefficient (Wildman–Crippen LogP) is 13.8. The minimum atomic E-state index is -0.136. The molecule has 0 amide bonds. The summed E-state index contributed by atoms with van der Waals surface area (Å²) in [7, 11) is 6.74. The van der Waals surface area contributed by atoms with Gasteiger partial charge >= 0.3 is 0 Å². The van der Waals surface area contributed by atoms with Gasteiger partial charge in [-0.2, -0.15) is 0 Å². The van der Waals surface area contributed by atoms with Crippen LogP contribution in [0.5, 0.6) is 23.0 Å². The summed E-state index contributed by atoms with van der Waals surface area (Å²) in [6.45, 7) is 0. The highest BCUT2D eigenvalue weighted by molar-refractivity contribution is 5.55. The van der Waals surface area contributed by atoms with Crippen molar-refractivity contribution in [1.82, 2.24) is 0 Å². The highest BCUT2D eigenvalue weighted by Gasteiger charge is 2.69. The SMILES string of the molecule is COc1ccc(C#Cc2ccc(C34CC5(c6ccc(C#Cc7ccc(OC)cc7)cc6)CC(c6ccc(C#Cc7ccc(OC)cc7)cc6)(C3)CC(c3ccc(C#Cc6ccc(OC)cc6)cc3)(C4)C5)cc2)cc1. The Bertz CT molecular complexity index is 3040. The Kier molecular flexibility index (Phi) is 12.9. The Morgan fingerprint density at radius 2 is 0.351 bits per heavy atom. The van der Waals surface area contributed by atoms with Crippen LogP contribution in [-0.4, -0.2) is 28.4 Å². The van der Waals surface area contributed by atoms with E-state index in [-0.39, 0.29) is 21.7 Å². The number of methoxy groups -OCH3 is 4. The van der Waals surface area contributed by atoms with Gasteiger partial charge < -0.3 is 18.9 Å². The van der Waals surface area contributed by atoms with Gasteiger partial charge in [0.1, 0.15) is 23.0 Å². The van der Waals surface area contributed by atoms with Gasteiger partial charge in [-0.1, -0.05) is 95.9 Å². The summed E-state index contributed by atoms with van der Waals surface area (Å²) in [4.78, 5) is 0. The van der Waals surface area contributed by atoms with Gasteiger partial charge in [-0.15, -0.1) is 0 Å². The molecule has 0 aromatic heterocycles. The molecule has 4 saturated carbocycles. The maximum absolute atomic E-state index is 5.39. The number of rotatable bonds is 8. The van der Waals surface area contributed by atoms with Crippen molar-refractivity contribution in [1.29, 1.82) is 0 Å². The molecule has 4 aliphatic carbocycles. The molecule has 8 aromatic carbocycles. The first-order valence-corrected chi connectivity index (χ1v) is 25.3. The zero-order valence-electron chi connectivity index (χ0n) is 42.4. The molecule has 360 valence electrons. The molecule has 4 heteroatoms. The smallest absolute Gasteiger partial charge is 0.118 e. The van der Waals surface area contributed by atoms with Crippen molar-refractivity contribution < 1.29 is 18.9 Å². The van der Waals surface area contributed by atoms with Crippen LogP contribution < -0.4 is 18.9 Å². The van der Waals surface area contributed by atoms with Gasteiger partial charge in [0.15, 0.2) is 0 Å². The molecule has 4 nitrogen and oxygen atoms in total. The molecule has 0 spiro atoms. The standard InChI is InChI=1S/C70H56O4/c1-71-63-37-21-55(22-38-63)9-5-51-13-29-59(30-14-51)67-45-68(60-31-15-52(16-32-60)6-10-56-23-39-64(72-2)40-24-56)48-69(46-67,61-33-17-53(18-34-61)7-11-57-25-41-65(73-3)42-26-57)50-70(47-67,49-68)62-35-19-54(20-36-62)8-12-58-27-43-66(74-4)44-28-58/h13-44H,45-50H2,1-4H3. The quantitative estimate of drug-likeness (QED) is 0.142. The monoisotopic (exact) mass is 960 g/mol. The summed E-state index contributed by atoms with van der Waals surface area (Å²) in [6.07, 6.45) is 6.30. The van der Waals surface area contributed by atoms with Gasteiger partial charge in [0, 0.05) is 44.5 Å². The van der Waals surface area contributed by atoms with Crippen molar-refractivity contribution >= 4 is 0 Å². The van der Waals surface area contributed by atoms with E-state index < -0.39 is 0 Å². The molecular formula is C70H56O4. The van der Waals surface area contributed by atoms with E-state index in [0.717, 1.165) is 106 Å². The van der Waals surface area contributed by atoms with Crippen LogP contribution in [-0.2, 0) is 21.7 Å². The third kappa shape index (κ3) is 9.65. The molecule has 12 rings (SSSR count). The second-order valence-corrected chi connectivity index (χ2v) is 20.4. The fourth-order valence-electron chi connectivity index (χ4n) is 12.8. The summed E-state index contributed by atoms with van der Waals surface area (Å²) in [6, 6.07) is 68.7. The molecular weight excluding hydrogens is 905 g/mol. The van der Waals surface area contributed by atoms with Crippen LogP contribution in [0.4, 0.5) is 0 Å². The van der Waals surface area contributed by atoms with Crippen molar-refractivity contribution in [3.05, 3.63) is 261 Å². The Morgan fingerprint density at radius 1 is 0.216 bits per heavy atom. The molecule has 74 heavy (non-hydrogen) atoms. The second kappa shape index (κ2) is 20.0. The normalized spacial score (nSPS) is 20.7. The number of hydrogen-bond donors (Lipinski definition) is 0. The first kappa shape index (κ1) is 47.5. The van der Waals surface area contributed by atoms with E-state index in [1.807, 2.05) is 97.1 Å². The van der Waals surface area contributed by atoms with E-state index in [4.69, 9.17) is 18.9 Å². The van der Waals surface area contributed by atoms with E-state index >= 15 is 0 Å². The molecule has 4 aliphatic rings. The van der Waals surface area contributed by atoms with Crippen LogP contribution >= 0.6 is 0 Å². The van der Waals surface area contributed by atoms with Crippen LogP contribution in [0.15, 0.2) is 194 Å². The van der Waals surface area contributed by atoms with E-state index in [1.54, 1.807) is 28.4 Å². The van der Waals surface area contributed by atoms with Crippen molar-refractivity contribution in [2.75, 3.05) is 28.4 Å². The summed E-state index contributed by atoms with van der Waals surface area (Å²) in [5.41, 5.74) is 12.8. The topological polar surface area (TPSA) is 36.9 Å². The van der Waals surface area contributed by atoms with Gasteiger partial charge in [0.25, 0.3) is 0 Å². The molecule has 4 fully saturated rings. The van der Waals surface area contributed by atoms with E-state index in [0.29, 0.717) is 0 Å². The number of hydrogen-bond acceptors (Lipinski definition) is 4. The maximum atomic E-state index is 5.39. The van der Waals surface area contributed by atoms with Crippen molar-refractivity contribution in [2.45, 2.75) is 60.2 Å². The van der Waals surface area contributed by atoms with E-state index in [9.17, 15) is 0 Å². The molecule has 8 aromatic rings. The highest BCUT2D eigenvalue weighted by atomic mass is 16.5. The fourth-order valence-corrected chi connectivity index (χ4v) is 12.8. The molecule has 0 aliphatic heterocycles. The van der Waals surface area contributed by atoms with Crippen molar-refractivity contribution in [3.63, 3.8) is 0 Å². The summed E-state index contributed by atoms with van der Waals surface area (Å²) in [5.74, 6) is 30.6. The molecule has 0 heterocycles. The molecule has 0 N–H and O–H groups in total. The van der Waals surface area contributed by atoms with Crippen LogP contribution in [0.2, 0.25) is 0 Å². The van der Waals surface area contributed by atoms with Gasteiger partial charge in [-0.3, -0.25) is 0 Å². The molecule has 0 unspecified atom stereocenters. The Hall–Kier alpha value is -8.80. The van der Waals surface area contributed by atoms with Gasteiger partial charge in [0.05, 0.1) is 28.4 Å². The van der Waals surface area contributed by atoms with Crippen LogP contribution in [0.3, 0.4) is 0 Å². The second-order valence-electron chi connectivity index (χ2n) is 20.4. The van der Waals surface area contributed by atoms with Gasteiger partial charge in [-0.05, 0) is 228 Å². The summed E-state index contributed by atoms with van der Waals surface area (Å²) in [5, 5.41) is 0. The third-order valence-corrected chi connectivity index (χ3v) is 15.8. The molecule has 0 radical (unpaired) electrons. The Balaban J connectivity index is 1.01. The van der Waals surface area contributed by atoms with Gasteiger partial charge in [-0.25, -0.2) is 0 Å². The average Bonchev–Trinajstić information content (AvgIpc) is 3.46. The molecule has 0 atom stereocenters. The maximum Gasteiger partial charge on any atom is 0.118 e. The van der Waals surface area contributed by atoms with E-state index in [2.05, 4.69) is 144 Å². The lowest BCUT2D eigenvalue weighted by Crippen LogP contribution is -2.67. The fraction of sp³-hybridized carbons (Fsp3) is 0.200. The minimum absolute atomic E-state index is 0.136. The average molecular weight is 961 g/mol. The minimum Gasteiger partial charge on any atom is -0.497 e. The van der Waals surface area contributed by atoms with Crippen LogP contribution in [0, 0.1) is 47.4 Å². The highest BCUT2D eigenvalue weighted by Crippen LogP contribution is 2.74. The van der Waals surface area contributed by atoms with Crippen molar-refractivity contribution in [3.8, 4) is 70.4 Å². The molecule has 4 bridgehead atoms. The number of ether oxygens (including phenoxy) is 4. The first-order valence-electron chi connectivity index (χ1n) is 25.3. The predicted molar refractivity (Wildman–Crippen MR) is 296 cm³/mol. The first-order chi connectivity index (χ1) is 36.2. The van der Waals surface area contributed by atoms with Gasteiger partial charge in [0.2, 0.25) is 0 Å². The lowest BCUT2D eigenvalue weighted by Gasteiger charge is -2.71. The van der Waals surface area contributed by atoms with Crippen LogP contribution in [0.1, 0.15) is 105 Å². The molecule has 0 saturated heterocycles. The Labute approximate surface area is 436 Å². The largest absolute Gasteiger partial charge is 0.497 e. The van der Waals surface area contributed by atoms with Crippen molar-refractivity contribution in [2.24, 2.45) is 0 Å². The third-order valence-electron chi connectivity index (χ3n) is 15.8. The zero-order valence-corrected chi connectivity index (χ0v) is 42.4. The summed E-state index contributed by atoms with van der Waals surface area (Å²) >= 11 is 0. The lowest BCUT2D eigenvalue weighted by molar-refractivity contribution is -0.0691. The Morgan fingerprint density at radius 3 is 0.486 bits per heavy atom. The van der Waals surface area contributed by atoms with E-state index in [1.165, 1.54) is 22.3 Å². The lowest BCUT2D eigenvalue weighted by atomic mass is 9.32.